The fourth-order valence-electron chi connectivity index (χ4n) is 1.65. The number of nitrogens with zero attached hydrogens (tertiary/aromatic N) is 1. The van der Waals surface area contributed by atoms with E-state index in [4.69, 9.17) is 10.2 Å². The second-order valence-electron chi connectivity index (χ2n) is 4.82. The van der Waals surface area contributed by atoms with Gasteiger partial charge in [-0.05, 0) is 41.3 Å². The van der Waals surface area contributed by atoms with Crippen LogP contribution in [0, 0.1) is 0 Å². The van der Waals surface area contributed by atoms with E-state index in [1.165, 1.54) is 0 Å². The van der Waals surface area contributed by atoms with Gasteiger partial charge in [0, 0.05) is 5.54 Å². The average Bonchev–Trinajstić information content (AvgIpc) is 2.23. The molecule has 0 saturated heterocycles. The van der Waals surface area contributed by atoms with E-state index in [1.807, 2.05) is 13.8 Å². The number of hydrogen-bond acceptors (Lipinski definition) is 4. The zero-order chi connectivity index (χ0) is 13.8. The Morgan fingerprint density at radius 1 is 1.29 bits per heavy atom. The third-order valence-corrected chi connectivity index (χ3v) is 3.24. The maximum absolute atomic E-state index is 10.9. The molecule has 0 saturated carbocycles. The van der Waals surface area contributed by atoms with Gasteiger partial charge in [0.25, 0.3) is 0 Å². The number of aliphatic carboxylic acids is 2. The summed E-state index contributed by atoms with van der Waals surface area (Å²) in [6, 6.07) is -1.34. The van der Waals surface area contributed by atoms with Crippen LogP contribution in [-0.4, -0.2) is 58.8 Å². The molecule has 0 aliphatic rings. The monoisotopic (exact) mass is 246 g/mol. The number of carboxylic acid groups (broad SMARTS) is 2. The number of likely N-dealkylation sites (N-methyl/N-ethyl adjacent to an activating group) is 2. The van der Waals surface area contributed by atoms with Crippen molar-refractivity contribution in [1.82, 2.24) is 10.2 Å². The highest BCUT2D eigenvalue weighted by molar-refractivity contribution is 5.74. The molecule has 17 heavy (non-hydrogen) atoms. The first-order valence-corrected chi connectivity index (χ1v) is 5.49. The Morgan fingerprint density at radius 3 is 2.06 bits per heavy atom. The van der Waals surface area contributed by atoms with Gasteiger partial charge in [-0.1, -0.05) is 0 Å². The van der Waals surface area contributed by atoms with Crippen molar-refractivity contribution in [2.45, 2.75) is 44.8 Å². The van der Waals surface area contributed by atoms with E-state index in [-0.39, 0.29) is 0 Å². The van der Waals surface area contributed by atoms with E-state index in [1.54, 1.807) is 25.9 Å². The molecule has 2 atom stereocenters. The molecule has 6 heteroatoms. The molecular formula is C11H22N2O4. The molecule has 0 aromatic heterocycles. The van der Waals surface area contributed by atoms with Crippen LogP contribution in [0.3, 0.4) is 0 Å². The van der Waals surface area contributed by atoms with Gasteiger partial charge in [0.15, 0.2) is 0 Å². The van der Waals surface area contributed by atoms with Crippen LogP contribution < -0.4 is 5.32 Å². The van der Waals surface area contributed by atoms with Gasteiger partial charge in [0.2, 0.25) is 0 Å². The Bertz CT molecular complexity index is 291. The second-order valence-corrected chi connectivity index (χ2v) is 4.82. The predicted octanol–water partition coefficient (Wildman–Crippen LogP) is 0.233. The Kier molecular flexibility index (Phi) is 5.57. The Balaban J connectivity index is 4.76. The van der Waals surface area contributed by atoms with Gasteiger partial charge in [-0.3, -0.25) is 14.5 Å². The molecule has 3 N–H and O–H groups in total. The van der Waals surface area contributed by atoms with Gasteiger partial charge in [-0.15, -0.1) is 0 Å². The molecule has 0 spiro atoms. The fourth-order valence-corrected chi connectivity index (χ4v) is 1.65. The Labute approximate surface area is 102 Å². The van der Waals surface area contributed by atoms with Crippen molar-refractivity contribution >= 4 is 11.9 Å². The third-order valence-electron chi connectivity index (χ3n) is 3.24. The highest BCUT2D eigenvalue weighted by atomic mass is 16.4. The minimum absolute atomic E-state index is 0.326. The first kappa shape index (κ1) is 15.9. The van der Waals surface area contributed by atoms with Gasteiger partial charge in [-0.25, -0.2) is 0 Å². The van der Waals surface area contributed by atoms with Crippen LogP contribution in [0.4, 0.5) is 0 Å². The summed E-state index contributed by atoms with van der Waals surface area (Å²) < 4.78 is 0. The predicted molar refractivity (Wildman–Crippen MR) is 64.0 cm³/mol. The van der Waals surface area contributed by atoms with Crippen LogP contribution in [0.1, 0.15) is 27.2 Å². The third kappa shape index (κ3) is 4.32. The summed E-state index contributed by atoms with van der Waals surface area (Å²) in [7, 11) is 3.27. The molecule has 6 nitrogen and oxygen atoms in total. The SMILES string of the molecule is CN[C@@H](CC(C)(C)N(C)[C@@H](C)C(=O)O)C(=O)O. The summed E-state index contributed by atoms with van der Waals surface area (Å²) in [5.74, 6) is -1.85. The van der Waals surface area contributed by atoms with Gasteiger partial charge in [0.1, 0.15) is 12.1 Å². The van der Waals surface area contributed by atoms with Crippen LogP contribution >= 0.6 is 0 Å². The molecule has 0 rings (SSSR count). The molecule has 0 unspecified atom stereocenters. The zero-order valence-corrected chi connectivity index (χ0v) is 11.0. The quantitative estimate of drug-likeness (QED) is 0.596. The van der Waals surface area contributed by atoms with Gasteiger partial charge in [-0.2, -0.15) is 0 Å². The lowest BCUT2D eigenvalue weighted by Gasteiger charge is -2.39. The summed E-state index contributed by atoms with van der Waals surface area (Å²) >= 11 is 0. The largest absolute Gasteiger partial charge is 0.480 e. The lowest BCUT2D eigenvalue weighted by atomic mass is 9.92. The maximum Gasteiger partial charge on any atom is 0.320 e. The normalized spacial score (nSPS) is 15.6. The summed E-state index contributed by atoms with van der Waals surface area (Å²) in [6.07, 6.45) is 0.326. The molecule has 0 heterocycles. The summed E-state index contributed by atoms with van der Waals surface area (Å²) in [6.45, 7) is 5.25. The zero-order valence-electron chi connectivity index (χ0n) is 11.0. The number of hydrogen-bond donors (Lipinski definition) is 3. The molecule has 0 radical (unpaired) electrons. The first-order chi connectivity index (χ1) is 7.63. The smallest absolute Gasteiger partial charge is 0.320 e. The first-order valence-electron chi connectivity index (χ1n) is 5.49. The molecule has 0 aromatic rings. The minimum Gasteiger partial charge on any atom is -0.480 e. The fraction of sp³-hybridized carbons (Fsp3) is 0.818. The molecule has 0 aliphatic carbocycles. The van der Waals surface area contributed by atoms with Crippen LogP contribution in [0.5, 0.6) is 0 Å². The van der Waals surface area contributed by atoms with E-state index in [9.17, 15) is 9.59 Å². The molecule has 0 aromatic carbocycles. The minimum atomic E-state index is -0.933. The van der Waals surface area contributed by atoms with E-state index >= 15 is 0 Å². The van der Waals surface area contributed by atoms with Crippen molar-refractivity contribution in [3.8, 4) is 0 Å². The van der Waals surface area contributed by atoms with E-state index in [0.717, 1.165) is 0 Å². The van der Waals surface area contributed by atoms with Gasteiger partial charge in [0.05, 0.1) is 0 Å². The van der Waals surface area contributed by atoms with Crippen LogP contribution in [-0.2, 0) is 9.59 Å². The topological polar surface area (TPSA) is 89.9 Å². The molecule has 0 amide bonds. The highest BCUT2D eigenvalue weighted by Crippen LogP contribution is 2.21. The van der Waals surface area contributed by atoms with Crippen LogP contribution in [0.15, 0.2) is 0 Å². The van der Waals surface area contributed by atoms with Crippen molar-refractivity contribution in [2.24, 2.45) is 0 Å². The van der Waals surface area contributed by atoms with E-state index < -0.39 is 29.6 Å². The molecule has 0 aliphatic heterocycles. The van der Waals surface area contributed by atoms with Crippen molar-refractivity contribution in [2.75, 3.05) is 14.1 Å². The lowest BCUT2D eigenvalue weighted by molar-refractivity contribution is -0.144. The van der Waals surface area contributed by atoms with Crippen LogP contribution in [0.25, 0.3) is 0 Å². The second kappa shape index (κ2) is 5.97. The number of nitrogens with one attached hydrogen (secondary N) is 1. The van der Waals surface area contributed by atoms with Gasteiger partial charge < -0.3 is 15.5 Å². The number of carboxylic acids is 2. The van der Waals surface area contributed by atoms with Crippen molar-refractivity contribution in [3.63, 3.8) is 0 Å². The number of carbonyl (C=O) groups is 2. The summed E-state index contributed by atoms with van der Waals surface area (Å²) in [5, 5.41) is 20.6. The lowest BCUT2D eigenvalue weighted by Crippen LogP contribution is -2.53. The highest BCUT2D eigenvalue weighted by Gasteiger charge is 2.34. The van der Waals surface area contributed by atoms with Crippen molar-refractivity contribution in [1.29, 1.82) is 0 Å². The molecular weight excluding hydrogens is 224 g/mol. The van der Waals surface area contributed by atoms with Crippen molar-refractivity contribution in [3.05, 3.63) is 0 Å². The van der Waals surface area contributed by atoms with Crippen LogP contribution in [0.2, 0.25) is 0 Å². The van der Waals surface area contributed by atoms with Gasteiger partial charge >= 0.3 is 11.9 Å². The number of rotatable bonds is 7. The Hall–Kier alpha value is -1.14. The van der Waals surface area contributed by atoms with E-state index in [2.05, 4.69) is 5.32 Å². The standard InChI is InChI=1S/C11H22N2O4/c1-7(9(14)15)13(5)11(2,3)6-8(12-4)10(16)17/h7-8,12H,6H2,1-5H3,(H,14,15)(H,16,17)/t7-,8-/m0/s1. The molecule has 0 fully saturated rings. The molecule has 100 valence electrons. The average molecular weight is 246 g/mol. The maximum atomic E-state index is 10.9. The Morgan fingerprint density at radius 2 is 1.76 bits per heavy atom. The van der Waals surface area contributed by atoms with E-state index in [0.29, 0.717) is 6.42 Å². The summed E-state index contributed by atoms with van der Waals surface area (Å²) in [4.78, 5) is 23.5. The molecule has 0 bridgehead atoms. The van der Waals surface area contributed by atoms with Crippen molar-refractivity contribution < 1.29 is 19.8 Å². The summed E-state index contributed by atoms with van der Waals surface area (Å²) in [5.41, 5.74) is -0.524.